The molecule has 40 heavy (non-hydrogen) atoms. The first kappa shape index (κ1) is 27.1. The van der Waals surface area contributed by atoms with E-state index < -0.39 is 11.8 Å². The monoisotopic (exact) mass is 542 g/mol. The summed E-state index contributed by atoms with van der Waals surface area (Å²) in [6.45, 7) is 4.22. The fourth-order valence-corrected chi connectivity index (χ4v) is 5.74. The van der Waals surface area contributed by atoms with Gasteiger partial charge in [0.25, 0.3) is 11.8 Å². The molecule has 1 aliphatic rings. The van der Waals surface area contributed by atoms with Gasteiger partial charge in [0.05, 0.1) is 19.1 Å². The van der Waals surface area contributed by atoms with Crippen LogP contribution in [0.3, 0.4) is 0 Å². The number of halogens is 1. The molecule has 4 aromatic rings. The molecule has 0 aliphatic heterocycles. The van der Waals surface area contributed by atoms with Crippen molar-refractivity contribution in [3.05, 3.63) is 83.2 Å². The lowest BCUT2D eigenvalue weighted by Crippen LogP contribution is -2.54. The van der Waals surface area contributed by atoms with Crippen molar-refractivity contribution in [1.82, 2.24) is 10.6 Å². The van der Waals surface area contributed by atoms with Gasteiger partial charge in [-0.3, -0.25) is 14.4 Å². The fourth-order valence-electron chi connectivity index (χ4n) is 5.74. The van der Waals surface area contributed by atoms with Crippen molar-refractivity contribution in [2.75, 3.05) is 14.2 Å². The van der Waals surface area contributed by atoms with Crippen molar-refractivity contribution < 1.29 is 27.9 Å². The minimum Gasteiger partial charge on any atom is -0.469 e. The summed E-state index contributed by atoms with van der Waals surface area (Å²) in [6.07, 6.45) is 1.81. The van der Waals surface area contributed by atoms with Crippen LogP contribution < -0.4 is 10.6 Å². The highest BCUT2D eigenvalue weighted by Gasteiger charge is 2.39. The van der Waals surface area contributed by atoms with E-state index in [9.17, 15) is 18.8 Å². The van der Waals surface area contributed by atoms with Gasteiger partial charge < -0.3 is 19.8 Å². The summed E-state index contributed by atoms with van der Waals surface area (Å²) in [5.74, 6) is -0.534. The summed E-state index contributed by atoms with van der Waals surface area (Å²) in [7, 11) is 2.84. The van der Waals surface area contributed by atoms with E-state index in [2.05, 4.69) is 24.5 Å². The Morgan fingerprint density at radius 1 is 1.02 bits per heavy atom. The van der Waals surface area contributed by atoms with Crippen LogP contribution in [0.2, 0.25) is 0 Å². The Balaban J connectivity index is 1.65. The molecule has 0 spiro atoms. The summed E-state index contributed by atoms with van der Waals surface area (Å²) in [5, 5.41) is 6.33. The SMILES string of the molecule is CNC(=O)c1c(-c2ccc(F)cc2)oc2cc(CC(=O)OC)c(-c3cccc(C(=O)NC4(C)CC(C)C4)c3)cc12. The highest BCUT2D eigenvalue weighted by Crippen LogP contribution is 2.39. The number of ether oxygens (including phenoxy) is 1. The van der Waals surface area contributed by atoms with Crippen LogP contribution in [0.15, 0.2) is 65.1 Å². The maximum atomic E-state index is 13.6. The standard InChI is InChI=1S/C32H31FN2O5/c1-18-16-32(2,17-18)35-30(37)21-7-5-6-20(12-21)24-15-25-26(13-22(24)14-27(36)39-4)40-29(28(25)31(38)34-3)19-8-10-23(33)11-9-19/h5-13,15,18H,14,16-17H2,1-4H3,(H,34,38)(H,35,37). The van der Waals surface area contributed by atoms with Gasteiger partial charge >= 0.3 is 5.97 Å². The lowest BCUT2D eigenvalue weighted by molar-refractivity contribution is -0.139. The van der Waals surface area contributed by atoms with Crippen molar-refractivity contribution in [2.45, 2.75) is 38.6 Å². The molecule has 5 rings (SSSR count). The highest BCUT2D eigenvalue weighted by molar-refractivity contribution is 6.12. The largest absolute Gasteiger partial charge is 0.469 e. The number of rotatable bonds is 7. The molecule has 8 heteroatoms. The zero-order valence-electron chi connectivity index (χ0n) is 22.9. The number of methoxy groups -OCH3 is 1. The van der Waals surface area contributed by atoms with Gasteiger partial charge in [-0.05, 0) is 90.9 Å². The van der Waals surface area contributed by atoms with Gasteiger partial charge in [0.1, 0.15) is 17.2 Å². The van der Waals surface area contributed by atoms with E-state index >= 15 is 0 Å². The Morgan fingerprint density at radius 3 is 2.40 bits per heavy atom. The third-order valence-electron chi connectivity index (χ3n) is 7.49. The first-order valence-electron chi connectivity index (χ1n) is 13.2. The van der Waals surface area contributed by atoms with Crippen molar-refractivity contribution in [2.24, 2.45) is 5.92 Å². The average molecular weight is 543 g/mol. The molecule has 2 N–H and O–H groups in total. The molecule has 1 saturated carbocycles. The van der Waals surface area contributed by atoms with Crippen LogP contribution in [0, 0.1) is 11.7 Å². The number of fused-ring (bicyclic) bond motifs is 1. The first-order valence-corrected chi connectivity index (χ1v) is 13.2. The number of nitrogens with one attached hydrogen (secondary N) is 2. The van der Waals surface area contributed by atoms with Crippen molar-refractivity contribution in [3.8, 4) is 22.5 Å². The van der Waals surface area contributed by atoms with Gasteiger partial charge in [-0.1, -0.05) is 19.1 Å². The molecule has 1 aliphatic carbocycles. The predicted molar refractivity (Wildman–Crippen MR) is 150 cm³/mol. The summed E-state index contributed by atoms with van der Waals surface area (Å²) < 4.78 is 24.7. The lowest BCUT2D eigenvalue weighted by atomic mass is 9.70. The lowest BCUT2D eigenvalue weighted by Gasteiger charge is -2.44. The second-order valence-electron chi connectivity index (χ2n) is 10.8. The number of benzene rings is 3. The van der Waals surface area contributed by atoms with E-state index in [0.29, 0.717) is 44.7 Å². The highest BCUT2D eigenvalue weighted by atomic mass is 19.1. The number of amides is 2. The predicted octanol–water partition coefficient (Wildman–Crippen LogP) is 5.90. The smallest absolute Gasteiger partial charge is 0.310 e. The third kappa shape index (κ3) is 5.21. The number of hydrogen-bond donors (Lipinski definition) is 2. The molecular formula is C32H31FN2O5. The Labute approximate surface area is 231 Å². The molecule has 1 fully saturated rings. The molecule has 1 heterocycles. The summed E-state index contributed by atoms with van der Waals surface area (Å²) >= 11 is 0. The number of hydrogen-bond acceptors (Lipinski definition) is 5. The van der Waals surface area contributed by atoms with Gasteiger partial charge in [0.15, 0.2) is 0 Å². The molecule has 1 aromatic heterocycles. The second kappa shape index (κ2) is 10.6. The number of esters is 1. The molecule has 0 bridgehead atoms. The summed E-state index contributed by atoms with van der Waals surface area (Å²) in [4.78, 5) is 38.6. The second-order valence-corrected chi connectivity index (χ2v) is 10.8. The first-order chi connectivity index (χ1) is 19.1. The van der Waals surface area contributed by atoms with E-state index in [4.69, 9.17) is 9.15 Å². The maximum absolute atomic E-state index is 13.6. The molecule has 0 saturated heterocycles. The molecular weight excluding hydrogens is 511 g/mol. The average Bonchev–Trinajstić information content (AvgIpc) is 3.30. The number of furan rings is 1. The Hall–Kier alpha value is -4.46. The van der Waals surface area contributed by atoms with Crippen molar-refractivity contribution in [3.63, 3.8) is 0 Å². The van der Waals surface area contributed by atoms with E-state index in [1.807, 2.05) is 6.07 Å². The van der Waals surface area contributed by atoms with Gasteiger partial charge in [-0.25, -0.2) is 4.39 Å². The molecule has 206 valence electrons. The van der Waals surface area contributed by atoms with Crippen molar-refractivity contribution in [1.29, 1.82) is 0 Å². The number of carbonyl (C=O) groups is 3. The van der Waals surface area contributed by atoms with Gasteiger partial charge in [0, 0.05) is 29.1 Å². The van der Waals surface area contributed by atoms with Crippen LogP contribution in [0.4, 0.5) is 4.39 Å². The molecule has 0 radical (unpaired) electrons. The Bertz CT molecular complexity index is 1620. The van der Waals surface area contributed by atoms with Crippen molar-refractivity contribution >= 4 is 28.8 Å². The van der Waals surface area contributed by atoms with Crippen LogP contribution in [0.5, 0.6) is 0 Å². The van der Waals surface area contributed by atoms with Crippen LogP contribution in [0.1, 0.15) is 53.0 Å². The zero-order valence-corrected chi connectivity index (χ0v) is 22.9. The van der Waals surface area contributed by atoms with E-state index in [-0.39, 0.29) is 35.1 Å². The quantitative estimate of drug-likeness (QED) is 0.284. The summed E-state index contributed by atoms with van der Waals surface area (Å²) in [6, 6.07) is 16.4. The van der Waals surface area contributed by atoms with Crippen LogP contribution in [-0.4, -0.2) is 37.5 Å². The van der Waals surface area contributed by atoms with Gasteiger partial charge in [-0.15, -0.1) is 0 Å². The maximum Gasteiger partial charge on any atom is 0.310 e. The third-order valence-corrected chi connectivity index (χ3v) is 7.49. The fraction of sp³-hybridized carbons (Fsp3) is 0.281. The Kier molecular flexibility index (Phi) is 7.19. The normalized spacial score (nSPS) is 18.2. The topological polar surface area (TPSA) is 97.6 Å². The van der Waals surface area contributed by atoms with Gasteiger partial charge in [-0.2, -0.15) is 0 Å². The van der Waals surface area contributed by atoms with E-state index in [1.54, 1.807) is 42.5 Å². The van der Waals surface area contributed by atoms with Crippen LogP contribution in [0.25, 0.3) is 33.4 Å². The molecule has 2 amide bonds. The zero-order chi connectivity index (χ0) is 28.6. The van der Waals surface area contributed by atoms with Gasteiger partial charge in [0.2, 0.25) is 0 Å². The molecule has 7 nitrogen and oxygen atoms in total. The summed E-state index contributed by atoms with van der Waals surface area (Å²) in [5.41, 5.74) is 3.45. The minimum absolute atomic E-state index is 0.0456. The van der Waals surface area contributed by atoms with E-state index in [0.717, 1.165) is 12.8 Å². The molecule has 0 unspecified atom stereocenters. The van der Waals surface area contributed by atoms with Crippen LogP contribution in [-0.2, 0) is 16.0 Å². The Morgan fingerprint density at radius 2 is 1.75 bits per heavy atom. The van der Waals surface area contributed by atoms with E-state index in [1.165, 1.54) is 26.3 Å². The van der Waals surface area contributed by atoms with Crippen LogP contribution >= 0.6 is 0 Å². The number of carbonyl (C=O) groups excluding carboxylic acids is 3. The molecule has 0 atom stereocenters. The molecule has 3 aromatic carbocycles. The minimum atomic E-state index is -0.446.